The van der Waals surface area contributed by atoms with Gasteiger partial charge in [-0.1, -0.05) is 0 Å². The summed E-state index contributed by atoms with van der Waals surface area (Å²) in [5, 5.41) is 0. The number of benzene rings is 2. The number of aryl methyl sites for hydroxylation is 1. The minimum atomic E-state index is -0.654. The number of fused-ring (bicyclic) bond motifs is 1. The van der Waals surface area contributed by atoms with Crippen molar-refractivity contribution in [3.63, 3.8) is 0 Å². The monoisotopic (exact) mass is 403 g/mol. The third kappa shape index (κ3) is 2.25. The third-order valence-electron chi connectivity index (χ3n) is 3.19. The molecular weight excluding hydrogens is 394 g/mol. The zero-order valence-electron chi connectivity index (χ0n) is 10.8. The van der Waals surface area contributed by atoms with Gasteiger partial charge in [0, 0.05) is 12.1 Å². The van der Waals surface area contributed by atoms with Crippen molar-refractivity contribution in [1.82, 2.24) is 9.55 Å². The molecule has 0 atom stereocenters. The summed E-state index contributed by atoms with van der Waals surface area (Å²) in [5.74, 6) is -1.73. The van der Waals surface area contributed by atoms with E-state index in [9.17, 15) is 13.2 Å². The molecule has 0 aliphatic rings. The van der Waals surface area contributed by atoms with Crippen LogP contribution >= 0.6 is 22.6 Å². The van der Waals surface area contributed by atoms with Gasteiger partial charge >= 0.3 is 0 Å². The Kier molecular flexibility index (Phi) is 3.31. The predicted octanol–water partition coefficient (Wildman–Crippen LogP) is 3.94. The molecule has 21 heavy (non-hydrogen) atoms. The van der Waals surface area contributed by atoms with Gasteiger partial charge in [-0.15, -0.1) is 0 Å². The Morgan fingerprint density at radius 3 is 2.48 bits per heavy atom. The Balaban J connectivity index is 2.37. The van der Waals surface area contributed by atoms with E-state index in [1.165, 1.54) is 23.6 Å². The Morgan fingerprint density at radius 1 is 1.05 bits per heavy atom. The van der Waals surface area contributed by atoms with Crippen molar-refractivity contribution in [3.05, 3.63) is 50.9 Å². The highest BCUT2D eigenvalue weighted by Crippen LogP contribution is 2.28. The molecule has 0 aliphatic carbocycles. The average molecular weight is 403 g/mol. The van der Waals surface area contributed by atoms with Crippen LogP contribution in [0.2, 0.25) is 0 Å². The molecule has 108 valence electrons. The molecule has 0 saturated carbocycles. The number of imidazole rings is 1. The quantitative estimate of drug-likeness (QED) is 0.626. The number of anilines is 1. The summed E-state index contributed by atoms with van der Waals surface area (Å²) in [7, 11) is 0. The van der Waals surface area contributed by atoms with Crippen molar-refractivity contribution >= 4 is 39.6 Å². The SMILES string of the molecule is Cc1cc(F)c(-n2c(N)nc3cc(I)c(F)cc32)cc1F. The van der Waals surface area contributed by atoms with E-state index < -0.39 is 17.5 Å². The summed E-state index contributed by atoms with van der Waals surface area (Å²) in [6, 6.07) is 4.80. The van der Waals surface area contributed by atoms with Crippen LogP contribution in [0.15, 0.2) is 24.3 Å². The van der Waals surface area contributed by atoms with Crippen molar-refractivity contribution in [2.24, 2.45) is 0 Å². The maximum Gasteiger partial charge on any atom is 0.206 e. The number of nitrogens with two attached hydrogens (primary N) is 1. The Bertz CT molecular complexity index is 874. The molecule has 0 aliphatic heterocycles. The summed E-state index contributed by atoms with van der Waals surface area (Å²) in [6.07, 6.45) is 0. The molecule has 2 aromatic carbocycles. The van der Waals surface area contributed by atoms with Gasteiger partial charge in [-0.2, -0.15) is 0 Å². The minimum Gasteiger partial charge on any atom is -0.369 e. The minimum absolute atomic E-state index is 0.0337. The molecule has 0 saturated heterocycles. The fourth-order valence-electron chi connectivity index (χ4n) is 2.15. The maximum absolute atomic E-state index is 14.1. The molecule has 3 rings (SSSR count). The van der Waals surface area contributed by atoms with Gasteiger partial charge in [0.05, 0.1) is 20.3 Å². The first kappa shape index (κ1) is 14.2. The Hall–Kier alpha value is -1.77. The van der Waals surface area contributed by atoms with Crippen molar-refractivity contribution in [1.29, 1.82) is 0 Å². The number of rotatable bonds is 1. The van der Waals surface area contributed by atoms with Gasteiger partial charge in [0.25, 0.3) is 0 Å². The molecule has 2 N–H and O–H groups in total. The molecule has 0 spiro atoms. The van der Waals surface area contributed by atoms with E-state index in [1.54, 1.807) is 0 Å². The van der Waals surface area contributed by atoms with Gasteiger partial charge < -0.3 is 5.73 Å². The molecule has 0 bridgehead atoms. The van der Waals surface area contributed by atoms with Crippen LogP contribution in [-0.4, -0.2) is 9.55 Å². The zero-order valence-corrected chi connectivity index (χ0v) is 13.0. The largest absolute Gasteiger partial charge is 0.369 e. The molecule has 7 heteroatoms. The van der Waals surface area contributed by atoms with Crippen LogP contribution in [0.3, 0.4) is 0 Å². The first-order chi connectivity index (χ1) is 9.88. The highest BCUT2D eigenvalue weighted by atomic mass is 127. The van der Waals surface area contributed by atoms with Crippen LogP contribution in [0, 0.1) is 27.9 Å². The smallest absolute Gasteiger partial charge is 0.206 e. The lowest BCUT2D eigenvalue weighted by Gasteiger charge is -2.09. The van der Waals surface area contributed by atoms with Crippen LogP contribution in [0.25, 0.3) is 16.7 Å². The first-order valence-corrected chi connectivity index (χ1v) is 7.05. The lowest BCUT2D eigenvalue weighted by molar-refractivity contribution is 0.586. The van der Waals surface area contributed by atoms with Crippen LogP contribution < -0.4 is 5.73 Å². The van der Waals surface area contributed by atoms with Crippen molar-refractivity contribution in [2.75, 3.05) is 5.73 Å². The lowest BCUT2D eigenvalue weighted by atomic mass is 10.2. The molecular formula is C14H9F3IN3. The third-order valence-corrected chi connectivity index (χ3v) is 4.02. The summed E-state index contributed by atoms with van der Waals surface area (Å²) >= 11 is 1.83. The highest BCUT2D eigenvalue weighted by molar-refractivity contribution is 14.1. The number of hydrogen-bond acceptors (Lipinski definition) is 2. The molecule has 0 radical (unpaired) electrons. The molecule has 0 unspecified atom stereocenters. The summed E-state index contributed by atoms with van der Waals surface area (Å²) in [5.41, 5.74) is 6.56. The maximum atomic E-state index is 14.1. The second-order valence-electron chi connectivity index (χ2n) is 4.61. The second kappa shape index (κ2) is 4.90. The molecule has 3 nitrogen and oxygen atoms in total. The normalized spacial score (nSPS) is 11.3. The zero-order chi connectivity index (χ0) is 15.3. The highest BCUT2D eigenvalue weighted by Gasteiger charge is 2.17. The summed E-state index contributed by atoms with van der Waals surface area (Å²) < 4.78 is 43.1. The van der Waals surface area contributed by atoms with E-state index >= 15 is 0 Å². The van der Waals surface area contributed by atoms with Crippen LogP contribution in [-0.2, 0) is 0 Å². The molecule has 3 aromatic rings. The molecule has 1 aromatic heterocycles. The fourth-order valence-corrected chi connectivity index (χ4v) is 2.60. The Labute approximate surface area is 131 Å². The average Bonchev–Trinajstić information content (AvgIpc) is 2.70. The van der Waals surface area contributed by atoms with E-state index in [0.29, 0.717) is 9.09 Å². The van der Waals surface area contributed by atoms with Gasteiger partial charge in [-0.25, -0.2) is 18.2 Å². The van der Waals surface area contributed by atoms with Crippen molar-refractivity contribution < 1.29 is 13.2 Å². The standard InChI is InChI=1S/C14H9F3IN3/c1-6-2-9(17)12(3-7(6)15)21-13-4-8(16)10(18)5-11(13)20-14(21)19/h2-5H,1H3,(H2,19,20). The number of nitrogen functional groups attached to an aromatic ring is 1. The molecule has 0 fully saturated rings. The van der Waals surface area contributed by atoms with E-state index in [2.05, 4.69) is 4.98 Å². The van der Waals surface area contributed by atoms with Gasteiger partial charge in [-0.3, -0.25) is 4.57 Å². The fraction of sp³-hybridized carbons (Fsp3) is 0.0714. The van der Waals surface area contributed by atoms with Crippen molar-refractivity contribution in [3.8, 4) is 5.69 Å². The van der Waals surface area contributed by atoms with E-state index in [-0.39, 0.29) is 22.7 Å². The number of nitrogens with zero attached hydrogens (tertiary/aromatic N) is 2. The Morgan fingerprint density at radius 2 is 1.76 bits per heavy atom. The number of halogens is 4. The van der Waals surface area contributed by atoms with E-state index in [0.717, 1.165) is 12.1 Å². The number of aromatic nitrogens is 2. The molecule has 0 amide bonds. The van der Waals surface area contributed by atoms with E-state index in [4.69, 9.17) is 5.73 Å². The predicted molar refractivity (Wildman–Crippen MR) is 82.8 cm³/mol. The van der Waals surface area contributed by atoms with Crippen LogP contribution in [0.4, 0.5) is 19.1 Å². The van der Waals surface area contributed by atoms with Gasteiger partial charge in [0.1, 0.15) is 17.5 Å². The molecule has 1 heterocycles. The first-order valence-electron chi connectivity index (χ1n) is 5.97. The second-order valence-corrected chi connectivity index (χ2v) is 5.78. The van der Waals surface area contributed by atoms with Crippen LogP contribution in [0.1, 0.15) is 5.56 Å². The van der Waals surface area contributed by atoms with Gasteiger partial charge in [0.15, 0.2) is 0 Å². The van der Waals surface area contributed by atoms with Crippen LogP contribution in [0.5, 0.6) is 0 Å². The lowest BCUT2D eigenvalue weighted by Crippen LogP contribution is -2.04. The van der Waals surface area contributed by atoms with Gasteiger partial charge in [-0.05, 0) is 47.2 Å². The summed E-state index contributed by atoms with van der Waals surface area (Å²) in [6.45, 7) is 1.46. The van der Waals surface area contributed by atoms with E-state index in [1.807, 2.05) is 22.6 Å². The summed E-state index contributed by atoms with van der Waals surface area (Å²) in [4.78, 5) is 4.06. The topological polar surface area (TPSA) is 43.8 Å². The van der Waals surface area contributed by atoms with Gasteiger partial charge in [0.2, 0.25) is 5.95 Å². The number of hydrogen-bond donors (Lipinski definition) is 1. The van der Waals surface area contributed by atoms with Crippen molar-refractivity contribution in [2.45, 2.75) is 6.92 Å².